The largest absolute Gasteiger partial charge is 0.441 e. The van der Waals surface area contributed by atoms with Gasteiger partial charge in [-0.1, -0.05) is 0 Å². The average molecular weight is 232 g/mol. The van der Waals surface area contributed by atoms with Crippen LogP contribution in [0.3, 0.4) is 0 Å². The fourth-order valence-corrected chi connectivity index (χ4v) is 2.96. The van der Waals surface area contributed by atoms with E-state index in [1.54, 1.807) is 11.3 Å². The third-order valence-electron chi connectivity index (χ3n) is 2.57. The van der Waals surface area contributed by atoms with Crippen LogP contribution in [0.25, 0.3) is 21.1 Å². The van der Waals surface area contributed by atoms with Crippen molar-refractivity contribution in [2.24, 2.45) is 0 Å². The Hall–Kier alpha value is -1.68. The van der Waals surface area contributed by atoms with Crippen LogP contribution < -0.4 is 11.1 Å². The molecule has 82 valence electrons. The summed E-state index contributed by atoms with van der Waals surface area (Å²) < 4.78 is 6.66. The average Bonchev–Trinajstić information content (AvgIpc) is 2.79. The first kappa shape index (κ1) is 9.54. The van der Waals surface area contributed by atoms with E-state index in [1.807, 2.05) is 12.1 Å². The van der Waals surface area contributed by atoms with E-state index < -0.39 is 0 Å². The highest BCUT2D eigenvalue weighted by atomic mass is 32.1. The minimum Gasteiger partial charge on any atom is -0.441 e. The second-order valence-corrected chi connectivity index (χ2v) is 4.76. The number of nitrogens with one attached hydrogen (secondary N) is 1. The Morgan fingerprint density at radius 3 is 3.00 bits per heavy atom. The first-order valence-electron chi connectivity index (χ1n) is 5.23. The van der Waals surface area contributed by atoms with Crippen molar-refractivity contribution in [1.29, 1.82) is 0 Å². The van der Waals surface area contributed by atoms with Crippen LogP contribution in [0.5, 0.6) is 0 Å². The van der Waals surface area contributed by atoms with Crippen molar-refractivity contribution in [2.75, 3.05) is 17.6 Å². The van der Waals surface area contributed by atoms with Gasteiger partial charge >= 0.3 is 0 Å². The molecule has 0 aliphatic heterocycles. The lowest BCUT2D eigenvalue weighted by Crippen LogP contribution is -1.92. The third kappa shape index (κ3) is 1.34. The molecule has 2 heterocycles. The summed E-state index contributed by atoms with van der Waals surface area (Å²) in [5, 5.41) is 6.81. The Morgan fingerprint density at radius 1 is 1.31 bits per heavy atom. The second-order valence-electron chi connectivity index (χ2n) is 3.68. The second kappa shape index (κ2) is 3.42. The van der Waals surface area contributed by atoms with Gasteiger partial charge in [-0.25, -0.2) is 0 Å². The van der Waals surface area contributed by atoms with E-state index in [0.29, 0.717) is 5.88 Å². The molecule has 3 nitrogen and oxygen atoms in total. The van der Waals surface area contributed by atoms with Gasteiger partial charge in [-0.2, -0.15) is 0 Å². The van der Waals surface area contributed by atoms with Gasteiger partial charge in [0.2, 0.25) is 0 Å². The molecule has 3 rings (SSSR count). The summed E-state index contributed by atoms with van der Waals surface area (Å²) in [6, 6.07) is 8.09. The molecular weight excluding hydrogens is 220 g/mol. The number of nitrogens with two attached hydrogens (primary N) is 1. The Balaban J connectivity index is 2.31. The van der Waals surface area contributed by atoms with Crippen molar-refractivity contribution < 1.29 is 4.42 Å². The predicted octanol–water partition coefficient (Wildman–Crippen LogP) is 3.66. The van der Waals surface area contributed by atoms with Crippen LogP contribution in [-0.4, -0.2) is 6.54 Å². The number of hydrogen-bond donors (Lipinski definition) is 2. The van der Waals surface area contributed by atoms with Crippen LogP contribution >= 0.6 is 11.3 Å². The maximum absolute atomic E-state index is 5.67. The molecule has 0 radical (unpaired) electrons. The van der Waals surface area contributed by atoms with E-state index >= 15 is 0 Å². The van der Waals surface area contributed by atoms with E-state index in [1.165, 1.54) is 15.1 Å². The number of rotatable bonds is 2. The molecule has 3 N–H and O–H groups in total. The zero-order valence-corrected chi connectivity index (χ0v) is 9.73. The molecule has 0 aliphatic rings. The smallest absolute Gasteiger partial charge is 0.191 e. The molecule has 0 spiro atoms. The Bertz CT molecular complexity index is 653. The monoisotopic (exact) mass is 232 g/mol. The van der Waals surface area contributed by atoms with E-state index in [0.717, 1.165) is 17.5 Å². The number of hydrogen-bond acceptors (Lipinski definition) is 4. The molecule has 2 aromatic heterocycles. The number of fused-ring (bicyclic) bond motifs is 3. The molecule has 4 heteroatoms. The van der Waals surface area contributed by atoms with Gasteiger partial charge in [0, 0.05) is 28.1 Å². The fourth-order valence-electron chi connectivity index (χ4n) is 1.91. The van der Waals surface area contributed by atoms with Crippen LogP contribution in [-0.2, 0) is 0 Å². The molecule has 0 bridgehead atoms. The number of anilines is 2. The highest BCUT2D eigenvalue weighted by Gasteiger charge is 2.08. The number of nitrogen functional groups attached to an aromatic ring is 1. The highest BCUT2D eigenvalue weighted by Crippen LogP contribution is 2.36. The summed E-state index contributed by atoms with van der Waals surface area (Å²) in [7, 11) is 0. The van der Waals surface area contributed by atoms with Gasteiger partial charge in [-0.15, -0.1) is 11.3 Å². The number of thiophene rings is 1. The van der Waals surface area contributed by atoms with Gasteiger partial charge in [0.15, 0.2) is 5.88 Å². The minimum atomic E-state index is 0.471. The molecule has 0 atom stereocenters. The van der Waals surface area contributed by atoms with Gasteiger partial charge < -0.3 is 15.5 Å². The fraction of sp³-hybridized carbons (Fsp3) is 0.167. The van der Waals surface area contributed by atoms with Crippen molar-refractivity contribution in [3.8, 4) is 0 Å². The normalized spacial score (nSPS) is 11.3. The maximum Gasteiger partial charge on any atom is 0.191 e. The lowest BCUT2D eigenvalue weighted by Gasteiger charge is -1.93. The van der Waals surface area contributed by atoms with Gasteiger partial charge in [-0.05, 0) is 25.1 Å². The molecular formula is C12H12N2OS. The van der Waals surface area contributed by atoms with E-state index in [2.05, 4.69) is 24.4 Å². The van der Waals surface area contributed by atoms with Gasteiger partial charge in [0.25, 0.3) is 0 Å². The van der Waals surface area contributed by atoms with Gasteiger partial charge in [-0.3, -0.25) is 0 Å². The lowest BCUT2D eigenvalue weighted by atomic mass is 10.2. The lowest BCUT2D eigenvalue weighted by molar-refractivity contribution is 0.637. The minimum absolute atomic E-state index is 0.471. The first-order chi connectivity index (χ1) is 7.78. The predicted molar refractivity (Wildman–Crippen MR) is 70.2 cm³/mol. The van der Waals surface area contributed by atoms with Crippen molar-refractivity contribution in [3.63, 3.8) is 0 Å². The van der Waals surface area contributed by atoms with Gasteiger partial charge in [0.05, 0.1) is 5.00 Å². The topological polar surface area (TPSA) is 51.2 Å². The van der Waals surface area contributed by atoms with Crippen LogP contribution in [0.2, 0.25) is 0 Å². The molecule has 0 fully saturated rings. The summed E-state index contributed by atoms with van der Waals surface area (Å²) in [6.07, 6.45) is 0. The molecule has 0 aliphatic carbocycles. The number of benzene rings is 1. The molecule has 0 saturated heterocycles. The maximum atomic E-state index is 5.67. The molecule has 0 saturated carbocycles. The summed E-state index contributed by atoms with van der Waals surface area (Å²) in [5.74, 6) is 0.471. The molecule has 1 aromatic carbocycles. The SMILES string of the molecule is CCNc1cc2c(ccc3oc(N)cc32)s1. The van der Waals surface area contributed by atoms with Gasteiger partial charge in [0.1, 0.15) is 5.58 Å². The zero-order valence-electron chi connectivity index (χ0n) is 8.91. The summed E-state index contributed by atoms with van der Waals surface area (Å²) in [6.45, 7) is 3.03. The first-order valence-corrected chi connectivity index (χ1v) is 6.05. The molecule has 16 heavy (non-hydrogen) atoms. The van der Waals surface area contributed by atoms with Crippen molar-refractivity contribution in [3.05, 3.63) is 24.3 Å². The van der Waals surface area contributed by atoms with Crippen LogP contribution in [0.15, 0.2) is 28.7 Å². The van der Waals surface area contributed by atoms with Crippen molar-refractivity contribution in [2.45, 2.75) is 6.92 Å². The quantitative estimate of drug-likeness (QED) is 0.709. The Morgan fingerprint density at radius 2 is 2.19 bits per heavy atom. The molecule has 0 unspecified atom stereocenters. The summed E-state index contributed by atoms with van der Waals surface area (Å²) in [5.41, 5.74) is 6.52. The van der Waals surface area contributed by atoms with E-state index in [-0.39, 0.29) is 0 Å². The molecule has 0 amide bonds. The highest BCUT2D eigenvalue weighted by molar-refractivity contribution is 7.22. The van der Waals surface area contributed by atoms with E-state index in [4.69, 9.17) is 10.2 Å². The van der Waals surface area contributed by atoms with Crippen molar-refractivity contribution >= 4 is 43.3 Å². The van der Waals surface area contributed by atoms with Crippen LogP contribution in [0, 0.1) is 0 Å². The van der Waals surface area contributed by atoms with Crippen LogP contribution in [0.1, 0.15) is 6.92 Å². The van der Waals surface area contributed by atoms with Crippen molar-refractivity contribution in [1.82, 2.24) is 0 Å². The Labute approximate surface area is 96.8 Å². The van der Waals surface area contributed by atoms with Crippen LogP contribution in [0.4, 0.5) is 10.9 Å². The standard InChI is InChI=1S/C12H12N2OS/c1-2-14-12-6-8-7-5-11(13)15-9(7)3-4-10(8)16-12/h3-6,14H,2,13H2,1H3. The molecule has 3 aromatic rings. The zero-order chi connectivity index (χ0) is 11.1. The van der Waals surface area contributed by atoms with E-state index in [9.17, 15) is 0 Å². The third-order valence-corrected chi connectivity index (χ3v) is 3.63. The number of furan rings is 1. The summed E-state index contributed by atoms with van der Waals surface area (Å²) in [4.78, 5) is 0. The summed E-state index contributed by atoms with van der Waals surface area (Å²) >= 11 is 1.75. The Kier molecular flexibility index (Phi) is 2.04.